The molecule has 0 aromatic heterocycles. The van der Waals surface area contributed by atoms with E-state index in [0.717, 1.165) is 5.56 Å². The molecule has 7 heteroatoms. The molecule has 0 fully saturated rings. The average Bonchev–Trinajstić information content (AvgIpc) is 2.66. The van der Waals surface area contributed by atoms with E-state index in [2.05, 4.69) is 10.6 Å². The van der Waals surface area contributed by atoms with Crippen LogP contribution in [0.4, 0.5) is 4.39 Å². The molecule has 2 aromatic carbocycles. The first kappa shape index (κ1) is 21.1. The largest absolute Gasteiger partial charge is 0.368 e. The number of nitrogens with one attached hydrogen (secondary N) is 2. The van der Waals surface area contributed by atoms with Crippen LogP contribution in [0.3, 0.4) is 0 Å². The molecule has 3 amide bonds. The summed E-state index contributed by atoms with van der Waals surface area (Å²) in [5.74, 6) is -1.90. The van der Waals surface area contributed by atoms with Gasteiger partial charge < -0.3 is 16.4 Å². The fourth-order valence-corrected chi connectivity index (χ4v) is 2.75. The maximum atomic E-state index is 13.3. The number of halogens is 1. The summed E-state index contributed by atoms with van der Waals surface area (Å²) in [6.07, 6.45) is -0.0230. The van der Waals surface area contributed by atoms with E-state index in [4.69, 9.17) is 5.73 Å². The van der Waals surface area contributed by atoms with E-state index in [9.17, 15) is 18.8 Å². The zero-order chi connectivity index (χ0) is 20.5. The molecule has 28 heavy (non-hydrogen) atoms. The first-order valence-corrected chi connectivity index (χ1v) is 9.02. The van der Waals surface area contributed by atoms with Crippen LogP contribution in [0.1, 0.15) is 36.9 Å². The molecule has 2 atom stereocenters. The van der Waals surface area contributed by atoms with Crippen LogP contribution in [0.25, 0.3) is 0 Å². The van der Waals surface area contributed by atoms with Crippen molar-refractivity contribution in [1.29, 1.82) is 0 Å². The highest BCUT2D eigenvalue weighted by molar-refractivity contribution is 5.88. The minimum atomic E-state index is -0.972. The Kier molecular flexibility index (Phi) is 7.68. The molecule has 0 aliphatic heterocycles. The standard InChI is InChI=1S/C21H24FN3O3/c1-14(16-7-3-2-4-8-16)24-19(26)10-11-20(27)25-18(21(23)28)13-15-6-5-9-17(22)12-15/h2-9,12,14,18H,10-11,13H2,1H3,(H2,23,28)(H,24,26)(H,25,27)/t14-,18-/m1/s1. The van der Waals surface area contributed by atoms with Crippen molar-refractivity contribution in [3.8, 4) is 0 Å². The van der Waals surface area contributed by atoms with Crippen molar-refractivity contribution in [2.24, 2.45) is 5.73 Å². The number of benzene rings is 2. The molecule has 2 rings (SSSR count). The number of hydrogen-bond acceptors (Lipinski definition) is 3. The summed E-state index contributed by atoms with van der Waals surface area (Å²) in [4.78, 5) is 35.8. The fraction of sp³-hybridized carbons (Fsp3) is 0.286. The molecule has 0 radical (unpaired) electrons. The van der Waals surface area contributed by atoms with Gasteiger partial charge in [-0.2, -0.15) is 0 Å². The van der Waals surface area contributed by atoms with Gasteiger partial charge in [0, 0.05) is 19.3 Å². The van der Waals surface area contributed by atoms with Gasteiger partial charge in [-0.05, 0) is 30.2 Å². The second-order valence-electron chi connectivity index (χ2n) is 6.56. The molecule has 0 heterocycles. The molecule has 0 saturated carbocycles. The van der Waals surface area contributed by atoms with E-state index in [-0.39, 0.29) is 31.2 Å². The maximum absolute atomic E-state index is 13.3. The van der Waals surface area contributed by atoms with Crippen LogP contribution in [0.15, 0.2) is 54.6 Å². The molecule has 2 aromatic rings. The lowest BCUT2D eigenvalue weighted by atomic mass is 10.0. The van der Waals surface area contributed by atoms with Gasteiger partial charge in [0.1, 0.15) is 11.9 Å². The van der Waals surface area contributed by atoms with E-state index in [1.165, 1.54) is 18.2 Å². The quantitative estimate of drug-likeness (QED) is 0.615. The van der Waals surface area contributed by atoms with Gasteiger partial charge in [-0.25, -0.2) is 4.39 Å². The molecule has 4 N–H and O–H groups in total. The van der Waals surface area contributed by atoms with Crippen LogP contribution in [-0.2, 0) is 20.8 Å². The molecule has 0 spiro atoms. The Morgan fingerprint density at radius 1 is 0.964 bits per heavy atom. The minimum Gasteiger partial charge on any atom is -0.368 e. The van der Waals surface area contributed by atoms with Crippen LogP contribution in [0, 0.1) is 5.82 Å². The average molecular weight is 385 g/mol. The third kappa shape index (κ3) is 6.83. The molecule has 0 aliphatic carbocycles. The van der Waals surface area contributed by atoms with Crippen LogP contribution in [0.2, 0.25) is 0 Å². The van der Waals surface area contributed by atoms with Crippen molar-refractivity contribution < 1.29 is 18.8 Å². The predicted molar refractivity (Wildman–Crippen MR) is 103 cm³/mol. The highest BCUT2D eigenvalue weighted by Crippen LogP contribution is 2.11. The maximum Gasteiger partial charge on any atom is 0.240 e. The van der Waals surface area contributed by atoms with E-state index in [0.29, 0.717) is 5.56 Å². The number of carbonyl (C=O) groups is 3. The van der Waals surface area contributed by atoms with Crippen molar-refractivity contribution in [2.75, 3.05) is 0 Å². The van der Waals surface area contributed by atoms with Gasteiger partial charge >= 0.3 is 0 Å². The number of nitrogens with two attached hydrogens (primary N) is 1. The van der Waals surface area contributed by atoms with E-state index in [1.807, 2.05) is 37.3 Å². The summed E-state index contributed by atoms with van der Waals surface area (Å²) < 4.78 is 13.3. The lowest BCUT2D eigenvalue weighted by molar-refractivity contribution is -0.129. The number of hydrogen-bond donors (Lipinski definition) is 3. The smallest absolute Gasteiger partial charge is 0.240 e. The number of rotatable bonds is 9. The second kappa shape index (κ2) is 10.2. The third-order valence-corrected chi connectivity index (χ3v) is 4.26. The van der Waals surface area contributed by atoms with Crippen LogP contribution < -0.4 is 16.4 Å². The van der Waals surface area contributed by atoms with Crippen molar-refractivity contribution in [3.05, 3.63) is 71.5 Å². The van der Waals surface area contributed by atoms with Crippen LogP contribution >= 0.6 is 0 Å². The molecular weight excluding hydrogens is 361 g/mol. The summed E-state index contributed by atoms with van der Waals surface area (Å²) in [6, 6.07) is 14.0. The molecule has 0 aliphatic rings. The van der Waals surface area contributed by atoms with E-state index in [1.54, 1.807) is 6.07 Å². The number of carbonyl (C=O) groups excluding carboxylic acids is 3. The highest BCUT2D eigenvalue weighted by Gasteiger charge is 2.19. The summed E-state index contributed by atoms with van der Waals surface area (Å²) in [6.45, 7) is 1.86. The lowest BCUT2D eigenvalue weighted by Gasteiger charge is -2.16. The van der Waals surface area contributed by atoms with Crippen molar-refractivity contribution in [3.63, 3.8) is 0 Å². The highest BCUT2D eigenvalue weighted by atomic mass is 19.1. The van der Waals surface area contributed by atoms with Crippen LogP contribution in [0.5, 0.6) is 0 Å². The lowest BCUT2D eigenvalue weighted by Crippen LogP contribution is -2.46. The Hall–Kier alpha value is -3.22. The van der Waals surface area contributed by atoms with Gasteiger partial charge in [0.2, 0.25) is 17.7 Å². The Balaban J connectivity index is 1.82. The van der Waals surface area contributed by atoms with Gasteiger partial charge in [0.15, 0.2) is 0 Å². The molecule has 6 nitrogen and oxygen atoms in total. The van der Waals surface area contributed by atoms with Gasteiger partial charge in [-0.3, -0.25) is 14.4 Å². The predicted octanol–water partition coefficient (Wildman–Crippen LogP) is 2.00. The number of amides is 3. The molecule has 0 saturated heterocycles. The van der Waals surface area contributed by atoms with E-state index >= 15 is 0 Å². The second-order valence-corrected chi connectivity index (χ2v) is 6.56. The van der Waals surface area contributed by atoms with Gasteiger partial charge in [-0.1, -0.05) is 42.5 Å². The van der Waals surface area contributed by atoms with Crippen molar-refractivity contribution >= 4 is 17.7 Å². The molecule has 148 valence electrons. The first-order chi connectivity index (χ1) is 13.3. The topological polar surface area (TPSA) is 101 Å². The van der Waals surface area contributed by atoms with Crippen molar-refractivity contribution in [1.82, 2.24) is 10.6 Å². The third-order valence-electron chi connectivity index (χ3n) is 4.26. The zero-order valence-corrected chi connectivity index (χ0v) is 15.7. The molecular formula is C21H24FN3O3. The fourth-order valence-electron chi connectivity index (χ4n) is 2.75. The first-order valence-electron chi connectivity index (χ1n) is 9.02. The minimum absolute atomic E-state index is 0.0194. The van der Waals surface area contributed by atoms with Crippen LogP contribution in [-0.4, -0.2) is 23.8 Å². The Morgan fingerprint density at radius 3 is 2.21 bits per heavy atom. The van der Waals surface area contributed by atoms with Gasteiger partial charge in [0.25, 0.3) is 0 Å². The Bertz CT molecular complexity index is 827. The Morgan fingerprint density at radius 2 is 1.61 bits per heavy atom. The van der Waals surface area contributed by atoms with Gasteiger partial charge in [-0.15, -0.1) is 0 Å². The number of primary amides is 1. The summed E-state index contributed by atoms with van der Waals surface area (Å²) in [7, 11) is 0. The van der Waals surface area contributed by atoms with E-state index < -0.39 is 23.7 Å². The van der Waals surface area contributed by atoms with Gasteiger partial charge in [0.05, 0.1) is 6.04 Å². The normalized spacial score (nSPS) is 12.6. The molecule has 0 unspecified atom stereocenters. The zero-order valence-electron chi connectivity index (χ0n) is 15.7. The monoisotopic (exact) mass is 385 g/mol. The summed E-state index contributed by atoms with van der Waals surface area (Å²) in [5.41, 5.74) is 6.83. The van der Waals surface area contributed by atoms with Crippen molar-refractivity contribution in [2.45, 2.75) is 38.3 Å². The summed E-state index contributed by atoms with van der Waals surface area (Å²) >= 11 is 0. The Labute approximate surface area is 163 Å². The molecule has 0 bridgehead atoms. The summed E-state index contributed by atoms with van der Waals surface area (Å²) in [5, 5.41) is 5.33. The SMILES string of the molecule is C[C@@H](NC(=O)CCC(=O)N[C@H](Cc1cccc(F)c1)C(N)=O)c1ccccc1.